The Morgan fingerprint density at radius 3 is 2.76 bits per heavy atom. The maximum atomic E-state index is 14.2. The van der Waals surface area contributed by atoms with Crippen molar-refractivity contribution in [3.63, 3.8) is 0 Å². The molecular weight excluding hydrogens is 413 g/mol. The lowest BCUT2D eigenvalue weighted by Gasteiger charge is -2.31. The van der Waals surface area contributed by atoms with Crippen molar-refractivity contribution in [1.82, 2.24) is 9.80 Å². The second-order valence-electron chi connectivity index (χ2n) is 6.74. The van der Waals surface area contributed by atoms with E-state index >= 15 is 0 Å². The molecule has 0 aliphatic carbocycles. The largest absolute Gasteiger partial charge is 0.495 e. The van der Waals surface area contributed by atoms with Gasteiger partial charge in [-0.3, -0.25) is 4.90 Å². The van der Waals surface area contributed by atoms with Gasteiger partial charge in [0, 0.05) is 49.4 Å². The molecule has 0 radical (unpaired) electrons. The lowest BCUT2D eigenvalue weighted by molar-refractivity contribution is 0.0358. The van der Waals surface area contributed by atoms with E-state index < -0.39 is 0 Å². The summed E-state index contributed by atoms with van der Waals surface area (Å²) >= 11 is 11.7. The third-order valence-electron chi connectivity index (χ3n) is 4.80. The third-order valence-corrected chi connectivity index (χ3v) is 5.40. The molecule has 1 saturated heterocycles. The van der Waals surface area contributed by atoms with E-state index in [1.165, 1.54) is 6.07 Å². The standard InChI is InChI=1S/C21H25ClFN3O2S/c1-27-20-14-17(22)6-7-19(20)24-21(29)26(9-8-25-10-12-28-13-11-25)15-16-4-2-3-5-18(16)23/h2-7,14H,8-13,15H2,1H3,(H,24,29). The van der Waals surface area contributed by atoms with Gasteiger partial charge < -0.3 is 19.7 Å². The quantitative estimate of drug-likeness (QED) is 0.659. The van der Waals surface area contributed by atoms with Crippen LogP contribution >= 0.6 is 23.8 Å². The predicted octanol–water partition coefficient (Wildman–Crippen LogP) is 4.02. The second-order valence-corrected chi connectivity index (χ2v) is 7.56. The van der Waals surface area contributed by atoms with Crippen LogP contribution in [0.3, 0.4) is 0 Å². The van der Waals surface area contributed by atoms with Crippen LogP contribution in [0.2, 0.25) is 5.02 Å². The fraction of sp³-hybridized carbons (Fsp3) is 0.381. The summed E-state index contributed by atoms with van der Waals surface area (Å²) in [5.74, 6) is 0.356. The van der Waals surface area contributed by atoms with E-state index in [1.54, 1.807) is 31.4 Å². The Bertz CT molecular complexity index is 833. The van der Waals surface area contributed by atoms with E-state index in [0.717, 1.165) is 32.8 Å². The zero-order chi connectivity index (χ0) is 20.6. The molecule has 0 atom stereocenters. The van der Waals surface area contributed by atoms with Crippen LogP contribution in [-0.2, 0) is 11.3 Å². The molecule has 29 heavy (non-hydrogen) atoms. The van der Waals surface area contributed by atoms with Crippen LogP contribution < -0.4 is 10.1 Å². The Kier molecular flexibility index (Phi) is 8.06. The number of morpholine rings is 1. The molecule has 156 valence electrons. The Morgan fingerprint density at radius 2 is 2.03 bits per heavy atom. The first-order chi connectivity index (χ1) is 14.1. The number of halogens is 2. The number of thiocarbonyl (C=S) groups is 1. The minimum atomic E-state index is -0.240. The number of ether oxygens (including phenoxy) is 2. The summed E-state index contributed by atoms with van der Waals surface area (Å²) in [5.41, 5.74) is 1.31. The van der Waals surface area contributed by atoms with Crippen LogP contribution in [0.1, 0.15) is 5.56 Å². The van der Waals surface area contributed by atoms with Crippen molar-refractivity contribution in [2.75, 3.05) is 51.8 Å². The lowest BCUT2D eigenvalue weighted by Crippen LogP contribution is -2.44. The van der Waals surface area contributed by atoms with Crippen molar-refractivity contribution in [2.24, 2.45) is 0 Å². The first-order valence-corrected chi connectivity index (χ1v) is 10.3. The molecule has 0 bridgehead atoms. The van der Waals surface area contributed by atoms with E-state index in [4.69, 9.17) is 33.3 Å². The third kappa shape index (κ3) is 6.27. The van der Waals surface area contributed by atoms with Gasteiger partial charge >= 0.3 is 0 Å². The number of anilines is 1. The van der Waals surface area contributed by atoms with E-state index in [2.05, 4.69) is 10.2 Å². The Labute approximate surface area is 181 Å². The number of rotatable bonds is 7. The van der Waals surface area contributed by atoms with Gasteiger partial charge in [0.15, 0.2) is 5.11 Å². The van der Waals surface area contributed by atoms with Crippen molar-refractivity contribution in [2.45, 2.75) is 6.54 Å². The minimum absolute atomic E-state index is 0.240. The highest BCUT2D eigenvalue weighted by atomic mass is 35.5. The smallest absolute Gasteiger partial charge is 0.173 e. The molecule has 3 rings (SSSR count). The van der Waals surface area contributed by atoms with Crippen LogP contribution in [-0.4, -0.2) is 61.4 Å². The molecule has 0 amide bonds. The van der Waals surface area contributed by atoms with Gasteiger partial charge in [0.25, 0.3) is 0 Å². The average Bonchev–Trinajstić information content (AvgIpc) is 2.74. The molecular formula is C21H25ClFN3O2S. The first kappa shape index (κ1) is 21.8. The topological polar surface area (TPSA) is 37.0 Å². The van der Waals surface area contributed by atoms with Gasteiger partial charge in [0.05, 0.1) is 26.0 Å². The van der Waals surface area contributed by atoms with Gasteiger partial charge in [0.1, 0.15) is 11.6 Å². The van der Waals surface area contributed by atoms with Crippen molar-refractivity contribution >= 4 is 34.6 Å². The highest BCUT2D eigenvalue weighted by molar-refractivity contribution is 7.80. The number of hydrogen-bond donors (Lipinski definition) is 1. The molecule has 2 aromatic carbocycles. The van der Waals surface area contributed by atoms with Crippen molar-refractivity contribution in [3.05, 3.63) is 58.9 Å². The fourth-order valence-corrected chi connectivity index (χ4v) is 3.56. The number of nitrogens with one attached hydrogen (secondary N) is 1. The summed E-state index contributed by atoms with van der Waals surface area (Å²) in [4.78, 5) is 4.29. The molecule has 1 N–H and O–H groups in total. The Balaban J connectivity index is 1.73. The molecule has 8 heteroatoms. The number of benzene rings is 2. The summed E-state index contributed by atoms with van der Waals surface area (Å²) in [6.07, 6.45) is 0. The number of hydrogen-bond acceptors (Lipinski definition) is 4. The van der Waals surface area contributed by atoms with E-state index in [-0.39, 0.29) is 5.82 Å². The molecule has 1 fully saturated rings. The van der Waals surface area contributed by atoms with Crippen molar-refractivity contribution < 1.29 is 13.9 Å². The normalized spacial score (nSPS) is 14.4. The van der Waals surface area contributed by atoms with Gasteiger partial charge in [-0.05, 0) is 30.4 Å². The zero-order valence-electron chi connectivity index (χ0n) is 16.4. The fourth-order valence-electron chi connectivity index (χ4n) is 3.13. The predicted molar refractivity (Wildman–Crippen MR) is 118 cm³/mol. The van der Waals surface area contributed by atoms with Crippen molar-refractivity contribution in [3.8, 4) is 5.75 Å². The molecule has 1 heterocycles. The summed E-state index contributed by atoms with van der Waals surface area (Å²) in [7, 11) is 1.58. The molecule has 0 spiro atoms. The van der Waals surface area contributed by atoms with Gasteiger partial charge in [-0.15, -0.1) is 0 Å². The summed E-state index contributed by atoms with van der Waals surface area (Å²) < 4.78 is 25.1. The highest BCUT2D eigenvalue weighted by Crippen LogP contribution is 2.28. The van der Waals surface area contributed by atoms with E-state index in [9.17, 15) is 4.39 Å². The van der Waals surface area contributed by atoms with E-state index in [1.807, 2.05) is 17.0 Å². The van der Waals surface area contributed by atoms with Gasteiger partial charge in [-0.1, -0.05) is 29.8 Å². The average molecular weight is 438 g/mol. The summed E-state index contributed by atoms with van der Waals surface area (Å²) in [6, 6.07) is 12.1. The second kappa shape index (κ2) is 10.7. The SMILES string of the molecule is COc1cc(Cl)ccc1NC(=S)N(CCN1CCOCC1)Cc1ccccc1F. The molecule has 1 aliphatic rings. The molecule has 1 aliphatic heterocycles. The molecule has 0 aromatic heterocycles. The first-order valence-electron chi connectivity index (χ1n) is 9.50. The Hall–Kier alpha value is -1.93. The van der Waals surface area contributed by atoms with Crippen molar-refractivity contribution in [1.29, 1.82) is 0 Å². The van der Waals surface area contributed by atoms with Crippen LogP contribution in [0.5, 0.6) is 5.75 Å². The minimum Gasteiger partial charge on any atom is -0.495 e. The maximum absolute atomic E-state index is 14.2. The molecule has 0 saturated carbocycles. The lowest BCUT2D eigenvalue weighted by atomic mass is 10.2. The highest BCUT2D eigenvalue weighted by Gasteiger charge is 2.17. The Morgan fingerprint density at radius 1 is 1.28 bits per heavy atom. The van der Waals surface area contributed by atoms with Crippen LogP contribution in [0, 0.1) is 5.82 Å². The summed E-state index contributed by atoms with van der Waals surface area (Å²) in [5, 5.41) is 4.30. The van der Waals surface area contributed by atoms with Gasteiger partial charge in [-0.2, -0.15) is 0 Å². The molecule has 5 nitrogen and oxygen atoms in total. The number of methoxy groups -OCH3 is 1. The van der Waals surface area contributed by atoms with Gasteiger partial charge in [0.2, 0.25) is 0 Å². The maximum Gasteiger partial charge on any atom is 0.173 e. The van der Waals surface area contributed by atoms with Gasteiger partial charge in [-0.25, -0.2) is 4.39 Å². The molecule has 2 aromatic rings. The molecule has 0 unspecified atom stereocenters. The zero-order valence-corrected chi connectivity index (χ0v) is 17.9. The van der Waals surface area contributed by atoms with E-state index in [0.29, 0.717) is 40.2 Å². The van der Waals surface area contributed by atoms with Crippen LogP contribution in [0.15, 0.2) is 42.5 Å². The monoisotopic (exact) mass is 437 g/mol. The summed E-state index contributed by atoms with van der Waals surface area (Å²) in [6.45, 7) is 5.10. The number of nitrogens with zero attached hydrogens (tertiary/aromatic N) is 2. The van der Waals surface area contributed by atoms with Crippen LogP contribution in [0.25, 0.3) is 0 Å². The van der Waals surface area contributed by atoms with Crippen LogP contribution in [0.4, 0.5) is 10.1 Å².